The topological polar surface area (TPSA) is 110 Å². The minimum Gasteiger partial charge on any atom is -0.343 e. The van der Waals surface area contributed by atoms with Gasteiger partial charge in [0, 0.05) is 13.1 Å². The molecule has 1 N–H and O–H groups in total. The van der Waals surface area contributed by atoms with Gasteiger partial charge < -0.3 is 14.7 Å². The van der Waals surface area contributed by atoms with Crippen LogP contribution in [0, 0.1) is 13.8 Å². The molecule has 0 radical (unpaired) electrons. The highest BCUT2D eigenvalue weighted by Gasteiger charge is 2.24. The van der Waals surface area contributed by atoms with Gasteiger partial charge in [-0.25, -0.2) is 0 Å². The normalized spacial score (nSPS) is 15.9. The van der Waals surface area contributed by atoms with Gasteiger partial charge in [0.2, 0.25) is 11.8 Å². The van der Waals surface area contributed by atoms with E-state index in [2.05, 4.69) is 15.5 Å². The van der Waals surface area contributed by atoms with Crippen LogP contribution in [-0.2, 0) is 16.1 Å². The van der Waals surface area contributed by atoms with Crippen molar-refractivity contribution in [3.8, 4) is 0 Å². The molecule has 3 heterocycles. The predicted octanol–water partition coefficient (Wildman–Crippen LogP) is 0.519. The zero-order valence-electron chi connectivity index (χ0n) is 15.2. The molecule has 0 bridgehead atoms. The van der Waals surface area contributed by atoms with Crippen LogP contribution in [0.25, 0.3) is 11.1 Å². The zero-order valence-corrected chi connectivity index (χ0v) is 15.2. The lowest BCUT2D eigenvalue weighted by Gasteiger charge is -2.29. The van der Waals surface area contributed by atoms with E-state index in [1.165, 1.54) is 4.57 Å². The highest BCUT2D eigenvalue weighted by Crippen LogP contribution is 2.12. The van der Waals surface area contributed by atoms with Gasteiger partial charge in [-0.15, -0.1) is 0 Å². The highest BCUT2D eigenvalue weighted by molar-refractivity contribution is 5.87. The SMILES string of the molecule is Cc1noc2nc(C)n(CC(=O)N[C@@H](C)C(=O)N3CCCCC3)c(=O)c12. The second kappa shape index (κ2) is 7.27. The van der Waals surface area contributed by atoms with Crippen molar-refractivity contribution in [3.05, 3.63) is 21.9 Å². The summed E-state index contributed by atoms with van der Waals surface area (Å²) in [5.41, 5.74) is 0.215. The maximum atomic E-state index is 12.6. The maximum Gasteiger partial charge on any atom is 0.267 e. The smallest absolute Gasteiger partial charge is 0.267 e. The van der Waals surface area contributed by atoms with E-state index in [9.17, 15) is 14.4 Å². The molecule has 9 heteroatoms. The van der Waals surface area contributed by atoms with Gasteiger partial charge in [-0.2, -0.15) is 4.98 Å². The Bertz CT molecular complexity index is 894. The van der Waals surface area contributed by atoms with E-state index in [0.29, 0.717) is 11.5 Å². The van der Waals surface area contributed by atoms with Gasteiger partial charge in [-0.1, -0.05) is 5.16 Å². The number of amides is 2. The summed E-state index contributed by atoms with van der Waals surface area (Å²) in [6.07, 6.45) is 3.11. The Balaban J connectivity index is 1.72. The fraction of sp³-hybridized carbons (Fsp3) is 0.588. The lowest BCUT2D eigenvalue weighted by atomic mass is 10.1. The van der Waals surface area contributed by atoms with Crippen LogP contribution in [0.4, 0.5) is 0 Å². The molecular weight excluding hydrogens is 338 g/mol. The van der Waals surface area contributed by atoms with Gasteiger partial charge in [-0.05, 0) is 40.0 Å². The van der Waals surface area contributed by atoms with E-state index in [0.717, 1.165) is 32.4 Å². The molecule has 2 aromatic heterocycles. The van der Waals surface area contributed by atoms with Gasteiger partial charge in [0.1, 0.15) is 23.8 Å². The summed E-state index contributed by atoms with van der Waals surface area (Å²) in [6.45, 7) is 6.17. The molecule has 0 spiro atoms. The Morgan fingerprint density at radius 2 is 1.92 bits per heavy atom. The van der Waals surface area contributed by atoms with Crippen LogP contribution in [0.1, 0.15) is 37.7 Å². The highest BCUT2D eigenvalue weighted by atomic mass is 16.5. The first kappa shape index (κ1) is 18.1. The summed E-state index contributed by atoms with van der Waals surface area (Å²) < 4.78 is 6.27. The largest absolute Gasteiger partial charge is 0.343 e. The van der Waals surface area contributed by atoms with Crippen LogP contribution in [0.2, 0.25) is 0 Å². The van der Waals surface area contributed by atoms with Crippen molar-refractivity contribution in [1.29, 1.82) is 0 Å². The molecule has 140 valence electrons. The first-order valence-corrected chi connectivity index (χ1v) is 8.80. The fourth-order valence-electron chi connectivity index (χ4n) is 3.24. The number of aryl methyl sites for hydroxylation is 2. The van der Waals surface area contributed by atoms with Gasteiger partial charge in [0.25, 0.3) is 11.3 Å². The lowest BCUT2D eigenvalue weighted by molar-refractivity contribution is -0.136. The van der Waals surface area contributed by atoms with E-state index < -0.39 is 11.9 Å². The summed E-state index contributed by atoms with van der Waals surface area (Å²) in [7, 11) is 0. The van der Waals surface area contributed by atoms with Crippen LogP contribution < -0.4 is 10.9 Å². The second-order valence-electron chi connectivity index (χ2n) is 6.67. The molecule has 1 fully saturated rings. The first-order valence-electron chi connectivity index (χ1n) is 8.80. The molecule has 0 saturated carbocycles. The molecule has 0 aromatic carbocycles. The molecule has 1 aliphatic heterocycles. The van der Waals surface area contributed by atoms with Gasteiger partial charge in [-0.3, -0.25) is 19.0 Å². The molecule has 2 amide bonds. The second-order valence-corrected chi connectivity index (χ2v) is 6.67. The van der Waals surface area contributed by atoms with E-state index in [-0.39, 0.29) is 29.1 Å². The number of nitrogens with one attached hydrogen (secondary N) is 1. The summed E-state index contributed by atoms with van der Waals surface area (Å²) in [6, 6.07) is -0.634. The minimum absolute atomic E-state index is 0.0921. The third kappa shape index (κ3) is 3.47. The summed E-state index contributed by atoms with van der Waals surface area (Å²) in [5, 5.41) is 6.68. The summed E-state index contributed by atoms with van der Waals surface area (Å²) in [5.74, 6) is -0.155. The number of carbonyl (C=O) groups excluding carboxylic acids is 2. The van der Waals surface area contributed by atoms with Crippen molar-refractivity contribution >= 4 is 22.9 Å². The quantitative estimate of drug-likeness (QED) is 0.850. The number of hydrogen-bond donors (Lipinski definition) is 1. The molecule has 1 atom stereocenters. The molecular formula is C17H23N5O4. The molecule has 9 nitrogen and oxygen atoms in total. The number of carbonyl (C=O) groups is 2. The number of nitrogens with zero attached hydrogens (tertiary/aromatic N) is 4. The van der Waals surface area contributed by atoms with Crippen LogP contribution in [-0.4, -0.2) is 50.6 Å². The molecule has 1 aliphatic rings. The van der Waals surface area contributed by atoms with Crippen LogP contribution >= 0.6 is 0 Å². The Morgan fingerprint density at radius 3 is 2.62 bits per heavy atom. The van der Waals surface area contributed by atoms with Crippen molar-refractivity contribution in [3.63, 3.8) is 0 Å². The number of aromatic nitrogens is 3. The van der Waals surface area contributed by atoms with E-state index in [1.54, 1.807) is 25.7 Å². The van der Waals surface area contributed by atoms with Gasteiger partial charge in [0.15, 0.2) is 0 Å². The van der Waals surface area contributed by atoms with Gasteiger partial charge >= 0.3 is 0 Å². The number of hydrogen-bond acceptors (Lipinski definition) is 6. The van der Waals surface area contributed by atoms with E-state index in [4.69, 9.17) is 4.52 Å². The predicted molar refractivity (Wildman–Crippen MR) is 93.6 cm³/mol. The third-order valence-electron chi connectivity index (χ3n) is 4.68. The molecule has 0 unspecified atom stereocenters. The van der Waals surface area contributed by atoms with Crippen molar-refractivity contribution < 1.29 is 14.1 Å². The Labute approximate surface area is 150 Å². The maximum absolute atomic E-state index is 12.6. The number of piperidine rings is 1. The van der Waals surface area contributed by atoms with Crippen molar-refractivity contribution in [2.75, 3.05) is 13.1 Å². The van der Waals surface area contributed by atoms with Crippen molar-refractivity contribution in [2.45, 2.75) is 52.6 Å². The van der Waals surface area contributed by atoms with E-state index in [1.807, 2.05) is 0 Å². The summed E-state index contributed by atoms with van der Waals surface area (Å²) in [4.78, 5) is 43.3. The number of fused-ring (bicyclic) bond motifs is 1. The minimum atomic E-state index is -0.634. The molecule has 3 rings (SSSR count). The fourth-order valence-corrected chi connectivity index (χ4v) is 3.24. The Hall–Kier alpha value is -2.71. The van der Waals surface area contributed by atoms with Crippen LogP contribution in [0.5, 0.6) is 0 Å². The van der Waals surface area contributed by atoms with Crippen molar-refractivity contribution in [2.24, 2.45) is 0 Å². The standard InChI is InChI=1S/C17H23N5O4/c1-10-14-15(26-20-10)19-12(3)22(17(14)25)9-13(23)18-11(2)16(24)21-7-5-4-6-8-21/h11H,4-9H2,1-3H3,(H,18,23)/t11-/m0/s1. The molecule has 26 heavy (non-hydrogen) atoms. The van der Waals surface area contributed by atoms with Gasteiger partial charge in [0.05, 0.1) is 5.69 Å². The Morgan fingerprint density at radius 1 is 1.23 bits per heavy atom. The van der Waals surface area contributed by atoms with Crippen molar-refractivity contribution in [1.82, 2.24) is 24.9 Å². The number of likely N-dealkylation sites (tertiary alicyclic amines) is 1. The molecule has 1 saturated heterocycles. The monoisotopic (exact) mass is 361 g/mol. The third-order valence-corrected chi connectivity index (χ3v) is 4.68. The van der Waals surface area contributed by atoms with Crippen LogP contribution in [0.3, 0.4) is 0 Å². The van der Waals surface area contributed by atoms with E-state index >= 15 is 0 Å². The zero-order chi connectivity index (χ0) is 18.8. The van der Waals surface area contributed by atoms with Crippen LogP contribution in [0.15, 0.2) is 9.32 Å². The summed E-state index contributed by atoms with van der Waals surface area (Å²) >= 11 is 0. The number of rotatable bonds is 4. The average molecular weight is 361 g/mol. The average Bonchev–Trinajstić information content (AvgIpc) is 2.99. The first-order chi connectivity index (χ1) is 12.4. The molecule has 0 aliphatic carbocycles. The molecule has 2 aromatic rings. The lowest BCUT2D eigenvalue weighted by Crippen LogP contribution is -2.49. The Kier molecular flexibility index (Phi) is 5.06.